The zero-order chi connectivity index (χ0) is 16.7. The molecule has 0 aromatic heterocycles. The molecule has 0 radical (unpaired) electrons. The minimum Gasteiger partial charge on any atom is -0.341 e. The number of hydrogen-bond acceptors (Lipinski definition) is 3. The Morgan fingerprint density at radius 1 is 1.13 bits per heavy atom. The highest BCUT2D eigenvalue weighted by atomic mass is 16.2. The van der Waals surface area contributed by atoms with E-state index in [0.29, 0.717) is 32.6 Å². The van der Waals surface area contributed by atoms with Crippen LogP contribution >= 0.6 is 0 Å². The quantitative estimate of drug-likeness (QED) is 0.853. The van der Waals surface area contributed by atoms with Crippen molar-refractivity contribution in [3.63, 3.8) is 0 Å². The summed E-state index contributed by atoms with van der Waals surface area (Å²) in [6.07, 6.45) is 1.93. The molecular weight excluding hydrogens is 290 g/mol. The molecule has 1 heterocycles. The Bertz CT molecular complexity index is 607. The lowest BCUT2D eigenvalue weighted by atomic mass is 10.1. The summed E-state index contributed by atoms with van der Waals surface area (Å²) in [6.45, 7) is 4.44. The molecule has 2 rings (SSSR count). The number of carbonyl (C=O) groups is 2. The number of nitriles is 1. The summed E-state index contributed by atoms with van der Waals surface area (Å²) >= 11 is 0. The van der Waals surface area contributed by atoms with Gasteiger partial charge in [-0.15, -0.1) is 0 Å². The van der Waals surface area contributed by atoms with Crippen LogP contribution in [0.2, 0.25) is 0 Å². The first-order chi connectivity index (χ1) is 11.1. The van der Waals surface area contributed by atoms with Crippen LogP contribution in [-0.4, -0.2) is 47.8 Å². The van der Waals surface area contributed by atoms with Crippen LogP contribution in [0, 0.1) is 18.3 Å². The molecule has 1 aromatic carbocycles. The zero-order valence-corrected chi connectivity index (χ0v) is 13.6. The summed E-state index contributed by atoms with van der Waals surface area (Å²) in [6, 6.07) is 10.1. The molecule has 0 N–H and O–H groups in total. The first-order valence-corrected chi connectivity index (χ1v) is 8.08. The Balaban J connectivity index is 1.83. The van der Waals surface area contributed by atoms with Gasteiger partial charge in [-0.1, -0.05) is 29.8 Å². The summed E-state index contributed by atoms with van der Waals surface area (Å²) in [5.74, 6) is 0.00245. The van der Waals surface area contributed by atoms with Crippen molar-refractivity contribution in [1.29, 1.82) is 5.26 Å². The van der Waals surface area contributed by atoms with Crippen molar-refractivity contribution >= 4 is 11.8 Å². The molecule has 5 heteroatoms. The van der Waals surface area contributed by atoms with E-state index >= 15 is 0 Å². The van der Waals surface area contributed by atoms with Gasteiger partial charge in [-0.2, -0.15) is 5.26 Å². The summed E-state index contributed by atoms with van der Waals surface area (Å²) in [5, 5.41) is 8.61. The second-order valence-electron chi connectivity index (χ2n) is 5.94. The molecule has 1 saturated heterocycles. The van der Waals surface area contributed by atoms with Crippen LogP contribution < -0.4 is 0 Å². The van der Waals surface area contributed by atoms with Crippen molar-refractivity contribution in [2.75, 3.05) is 26.2 Å². The summed E-state index contributed by atoms with van der Waals surface area (Å²) in [4.78, 5) is 27.7. The van der Waals surface area contributed by atoms with Gasteiger partial charge < -0.3 is 9.80 Å². The topological polar surface area (TPSA) is 64.4 Å². The molecule has 122 valence electrons. The molecule has 0 saturated carbocycles. The lowest BCUT2D eigenvalue weighted by Crippen LogP contribution is -2.37. The smallest absolute Gasteiger partial charge is 0.236 e. The molecule has 0 aliphatic carbocycles. The fourth-order valence-corrected chi connectivity index (χ4v) is 2.87. The molecule has 0 spiro atoms. The van der Waals surface area contributed by atoms with Gasteiger partial charge in [0, 0.05) is 32.6 Å². The van der Waals surface area contributed by atoms with Crippen molar-refractivity contribution in [3.05, 3.63) is 35.4 Å². The maximum absolute atomic E-state index is 12.4. The molecule has 2 amide bonds. The summed E-state index contributed by atoms with van der Waals surface area (Å²) < 4.78 is 0. The van der Waals surface area contributed by atoms with Gasteiger partial charge in [0.1, 0.15) is 6.42 Å². The van der Waals surface area contributed by atoms with E-state index in [1.165, 1.54) is 11.1 Å². The molecule has 23 heavy (non-hydrogen) atoms. The zero-order valence-electron chi connectivity index (χ0n) is 13.6. The highest BCUT2D eigenvalue weighted by Gasteiger charge is 2.21. The van der Waals surface area contributed by atoms with E-state index in [4.69, 9.17) is 5.26 Å². The van der Waals surface area contributed by atoms with E-state index in [1.807, 2.05) is 36.1 Å². The lowest BCUT2D eigenvalue weighted by molar-refractivity contribution is -0.133. The highest BCUT2D eigenvalue weighted by molar-refractivity contribution is 5.79. The molecule has 0 unspecified atom stereocenters. The van der Waals surface area contributed by atoms with E-state index < -0.39 is 0 Å². The minimum absolute atomic E-state index is 0.0820. The van der Waals surface area contributed by atoms with Crippen LogP contribution in [-0.2, 0) is 16.0 Å². The summed E-state index contributed by atoms with van der Waals surface area (Å²) in [7, 11) is 0. The number of carbonyl (C=O) groups excluding carboxylic acids is 2. The largest absolute Gasteiger partial charge is 0.341 e. The second-order valence-corrected chi connectivity index (χ2v) is 5.94. The monoisotopic (exact) mass is 313 g/mol. The van der Waals surface area contributed by atoms with Gasteiger partial charge in [0.05, 0.1) is 6.07 Å². The second kappa shape index (κ2) is 8.33. The minimum atomic E-state index is -0.137. The van der Waals surface area contributed by atoms with Crippen LogP contribution in [0.3, 0.4) is 0 Å². The van der Waals surface area contributed by atoms with Gasteiger partial charge in [0.2, 0.25) is 11.8 Å². The van der Waals surface area contributed by atoms with Gasteiger partial charge in [0.15, 0.2) is 0 Å². The molecule has 0 bridgehead atoms. The molecule has 1 fully saturated rings. The molecule has 1 aliphatic heterocycles. The predicted octanol–water partition coefficient (Wildman–Crippen LogP) is 1.90. The maximum atomic E-state index is 12.4. The normalized spacial score (nSPS) is 15.0. The van der Waals surface area contributed by atoms with E-state index in [2.05, 4.69) is 6.07 Å². The third-order valence-corrected chi connectivity index (χ3v) is 4.14. The number of nitrogens with zero attached hydrogens (tertiary/aromatic N) is 3. The van der Waals surface area contributed by atoms with Gasteiger partial charge in [-0.05, 0) is 25.3 Å². The van der Waals surface area contributed by atoms with E-state index in [-0.39, 0.29) is 18.2 Å². The average Bonchev–Trinajstić information content (AvgIpc) is 2.79. The van der Waals surface area contributed by atoms with Gasteiger partial charge in [-0.25, -0.2) is 0 Å². The molecule has 5 nitrogen and oxygen atoms in total. The van der Waals surface area contributed by atoms with Crippen LogP contribution in [0.5, 0.6) is 0 Å². The van der Waals surface area contributed by atoms with Gasteiger partial charge in [0.25, 0.3) is 0 Å². The van der Waals surface area contributed by atoms with E-state index in [1.54, 1.807) is 4.90 Å². The van der Waals surface area contributed by atoms with Crippen molar-refractivity contribution in [2.24, 2.45) is 0 Å². The molecule has 0 atom stereocenters. The van der Waals surface area contributed by atoms with E-state index in [9.17, 15) is 9.59 Å². The van der Waals surface area contributed by atoms with Gasteiger partial charge in [-0.3, -0.25) is 9.59 Å². The SMILES string of the molecule is Cc1cccc(CCC(=O)N2CCCN(C(=O)CC#N)CC2)c1. The Hall–Kier alpha value is -2.35. The molecule has 1 aliphatic rings. The molecule has 1 aromatic rings. The third kappa shape index (κ3) is 5.10. The Morgan fingerprint density at radius 2 is 1.83 bits per heavy atom. The average molecular weight is 313 g/mol. The third-order valence-electron chi connectivity index (χ3n) is 4.14. The number of rotatable bonds is 4. The Labute approximate surface area is 137 Å². The number of hydrogen-bond donors (Lipinski definition) is 0. The standard InChI is InChI=1S/C18H23N3O2/c1-15-4-2-5-16(14-15)6-7-17(22)20-10-3-11-21(13-12-20)18(23)8-9-19/h2,4-5,14H,3,6-8,10-13H2,1H3. The van der Waals surface area contributed by atoms with Crippen molar-refractivity contribution in [1.82, 2.24) is 9.80 Å². The maximum Gasteiger partial charge on any atom is 0.236 e. The van der Waals surface area contributed by atoms with Crippen molar-refractivity contribution in [3.8, 4) is 6.07 Å². The highest BCUT2D eigenvalue weighted by Crippen LogP contribution is 2.10. The summed E-state index contributed by atoms with van der Waals surface area (Å²) in [5.41, 5.74) is 2.38. The number of benzene rings is 1. The predicted molar refractivity (Wildman–Crippen MR) is 87.5 cm³/mol. The van der Waals surface area contributed by atoms with Crippen LogP contribution in [0.15, 0.2) is 24.3 Å². The van der Waals surface area contributed by atoms with E-state index in [0.717, 1.165) is 12.8 Å². The number of amides is 2. The van der Waals surface area contributed by atoms with Crippen LogP contribution in [0.25, 0.3) is 0 Å². The first-order valence-electron chi connectivity index (χ1n) is 8.08. The van der Waals surface area contributed by atoms with Crippen molar-refractivity contribution < 1.29 is 9.59 Å². The van der Waals surface area contributed by atoms with Gasteiger partial charge >= 0.3 is 0 Å². The van der Waals surface area contributed by atoms with Crippen LogP contribution in [0.1, 0.15) is 30.4 Å². The fraction of sp³-hybridized carbons (Fsp3) is 0.500. The number of aryl methyl sites for hydroxylation is 2. The van der Waals surface area contributed by atoms with Crippen molar-refractivity contribution in [2.45, 2.75) is 32.6 Å². The Kier molecular flexibility index (Phi) is 6.16. The molecular formula is C18H23N3O2. The Morgan fingerprint density at radius 3 is 2.48 bits per heavy atom. The van der Waals surface area contributed by atoms with Crippen LogP contribution in [0.4, 0.5) is 0 Å². The lowest BCUT2D eigenvalue weighted by Gasteiger charge is -2.21. The fourth-order valence-electron chi connectivity index (χ4n) is 2.87. The first kappa shape index (κ1) is 17.0.